The Morgan fingerprint density at radius 1 is 1.12 bits per heavy atom. The first-order chi connectivity index (χ1) is 12.7. The number of nitrogens with one attached hydrogen (secondary N) is 1. The second kappa shape index (κ2) is 5.95. The van der Waals surface area contributed by atoms with Gasteiger partial charge >= 0.3 is 0 Å². The van der Waals surface area contributed by atoms with Gasteiger partial charge in [0, 0.05) is 19.6 Å². The summed E-state index contributed by atoms with van der Waals surface area (Å²) in [6.45, 7) is 2.78. The van der Waals surface area contributed by atoms with Crippen LogP contribution in [0.5, 0.6) is 0 Å². The number of nitrogens with zero attached hydrogens (tertiary/aromatic N) is 4. The summed E-state index contributed by atoms with van der Waals surface area (Å²) in [4.78, 5) is 14.5. The third-order valence-electron chi connectivity index (χ3n) is 5.36. The average Bonchev–Trinajstić information content (AvgIpc) is 2.65. The largest absolute Gasteiger partial charge is 0.365 e. The maximum absolute atomic E-state index is 5.02. The Hall–Kier alpha value is -2.66. The number of fused-ring (bicyclic) bond motifs is 6. The second-order valence-electron chi connectivity index (χ2n) is 7.50. The van der Waals surface area contributed by atoms with E-state index in [1.807, 2.05) is 0 Å². The molecule has 0 saturated heterocycles. The fourth-order valence-corrected chi connectivity index (χ4v) is 4.19. The highest BCUT2D eigenvalue weighted by Crippen LogP contribution is 2.39. The van der Waals surface area contributed by atoms with Crippen molar-refractivity contribution in [2.45, 2.75) is 19.0 Å². The first-order valence-corrected chi connectivity index (χ1v) is 9.23. The van der Waals surface area contributed by atoms with Gasteiger partial charge < -0.3 is 15.1 Å². The van der Waals surface area contributed by atoms with E-state index >= 15 is 0 Å². The lowest BCUT2D eigenvalue weighted by Gasteiger charge is -2.42. The van der Waals surface area contributed by atoms with E-state index in [2.05, 4.69) is 71.7 Å². The lowest BCUT2D eigenvalue weighted by Crippen LogP contribution is -2.43. The molecule has 132 valence electrons. The number of hydrogen-bond acceptors (Lipinski definition) is 5. The van der Waals surface area contributed by atoms with Crippen molar-refractivity contribution in [2.75, 3.05) is 37.4 Å². The summed E-state index contributed by atoms with van der Waals surface area (Å²) in [5.74, 6) is 1.90. The lowest BCUT2D eigenvalue weighted by atomic mass is 9.91. The van der Waals surface area contributed by atoms with Crippen molar-refractivity contribution in [3.63, 3.8) is 0 Å². The molecule has 5 rings (SSSR count). The van der Waals surface area contributed by atoms with Gasteiger partial charge in [-0.1, -0.05) is 30.3 Å². The van der Waals surface area contributed by atoms with E-state index in [1.165, 1.54) is 16.7 Å². The van der Waals surface area contributed by atoms with E-state index in [1.54, 1.807) is 0 Å². The monoisotopic (exact) mass is 345 g/mol. The standard InChI is InChI=1S/C21H23N5/c1-25(2)13-14-7-8-17-18(11-14)24-21-20(23-17)22-12-19-16-6-4-3-5-15(16)9-10-26(19)21/h3-8,11,19H,9-10,12-13H2,1-2H3,(H,22,23). The predicted molar refractivity (Wildman–Crippen MR) is 106 cm³/mol. The number of hydrogen-bond donors (Lipinski definition) is 1. The van der Waals surface area contributed by atoms with Gasteiger partial charge in [0.15, 0.2) is 11.6 Å². The van der Waals surface area contributed by atoms with Crippen molar-refractivity contribution in [3.8, 4) is 0 Å². The highest BCUT2D eigenvalue weighted by atomic mass is 15.3. The molecule has 3 heterocycles. The molecule has 1 unspecified atom stereocenters. The fraction of sp³-hybridized carbons (Fsp3) is 0.333. The maximum Gasteiger partial charge on any atom is 0.172 e. The van der Waals surface area contributed by atoms with Crippen LogP contribution in [-0.2, 0) is 13.0 Å². The summed E-state index contributed by atoms with van der Waals surface area (Å²) in [7, 11) is 4.17. The van der Waals surface area contributed by atoms with Gasteiger partial charge in [-0.15, -0.1) is 0 Å². The Kier molecular flexibility index (Phi) is 3.57. The first kappa shape index (κ1) is 15.6. The van der Waals surface area contributed by atoms with Gasteiger partial charge in [0.1, 0.15) is 0 Å². The van der Waals surface area contributed by atoms with Crippen LogP contribution in [0.15, 0.2) is 42.5 Å². The van der Waals surface area contributed by atoms with Gasteiger partial charge in [0.05, 0.1) is 17.1 Å². The molecule has 0 bridgehead atoms. The zero-order valence-corrected chi connectivity index (χ0v) is 15.2. The van der Waals surface area contributed by atoms with Gasteiger partial charge in [-0.05, 0) is 49.3 Å². The molecule has 5 nitrogen and oxygen atoms in total. The molecule has 1 aromatic heterocycles. The molecule has 0 fully saturated rings. The molecular formula is C21H23N5. The van der Waals surface area contributed by atoms with Crippen LogP contribution in [0, 0.1) is 0 Å². The molecule has 26 heavy (non-hydrogen) atoms. The van der Waals surface area contributed by atoms with E-state index in [-0.39, 0.29) is 0 Å². The van der Waals surface area contributed by atoms with E-state index in [0.29, 0.717) is 6.04 Å². The van der Waals surface area contributed by atoms with Crippen molar-refractivity contribution in [1.29, 1.82) is 0 Å². The average molecular weight is 345 g/mol. The molecule has 5 heteroatoms. The van der Waals surface area contributed by atoms with Crippen molar-refractivity contribution in [1.82, 2.24) is 14.9 Å². The Balaban J connectivity index is 1.58. The summed E-state index contributed by atoms with van der Waals surface area (Å²) in [6, 6.07) is 15.5. The molecule has 3 aromatic rings. The van der Waals surface area contributed by atoms with Gasteiger partial charge in [-0.25, -0.2) is 9.97 Å². The van der Waals surface area contributed by atoms with Crippen molar-refractivity contribution < 1.29 is 0 Å². The Bertz CT molecular complexity index is 981. The Morgan fingerprint density at radius 3 is 2.88 bits per heavy atom. The summed E-state index contributed by atoms with van der Waals surface area (Å²) in [5.41, 5.74) is 6.07. The molecule has 2 aliphatic rings. The third-order valence-corrected chi connectivity index (χ3v) is 5.36. The molecule has 0 amide bonds. The smallest absolute Gasteiger partial charge is 0.172 e. The molecule has 1 N–H and O–H groups in total. The second-order valence-corrected chi connectivity index (χ2v) is 7.50. The van der Waals surface area contributed by atoms with Crippen LogP contribution in [0.25, 0.3) is 11.0 Å². The number of anilines is 2. The lowest BCUT2D eigenvalue weighted by molar-refractivity contribution is 0.402. The summed E-state index contributed by atoms with van der Waals surface area (Å²) in [5, 5.41) is 3.52. The van der Waals surface area contributed by atoms with Crippen LogP contribution in [-0.4, -0.2) is 42.1 Å². The minimum absolute atomic E-state index is 0.337. The normalized spacial score (nSPS) is 18.3. The molecule has 0 spiro atoms. The van der Waals surface area contributed by atoms with E-state index in [9.17, 15) is 0 Å². The summed E-state index contributed by atoms with van der Waals surface area (Å²) < 4.78 is 0. The Labute approximate surface area is 153 Å². The van der Waals surface area contributed by atoms with Crippen LogP contribution in [0.1, 0.15) is 22.7 Å². The minimum Gasteiger partial charge on any atom is -0.365 e. The Morgan fingerprint density at radius 2 is 2.00 bits per heavy atom. The topological polar surface area (TPSA) is 44.3 Å². The molecule has 0 saturated carbocycles. The maximum atomic E-state index is 5.02. The number of rotatable bonds is 2. The van der Waals surface area contributed by atoms with E-state index in [4.69, 9.17) is 9.97 Å². The van der Waals surface area contributed by atoms with Crippen LogP contribution in [0.2, 0.25) is 0 Å². The third kappa shape index (κ3) is 2.51. The summed E-state index contributed by atoms with van der Waals surface area (Å²) >= 11 is 0. The predicted octanol–water partition coefficient (Wildman–Crippen LogP) is 3.22. The van der Waals surface area contributed by atoms with Gasteiger partial charge in [-0.2, -0.15) is 0 Å². The van der Waals surface area contributed by atoms with Gasteiger partial charge in [-0.3, -0.25) is 0 Å². The van der Waals surface area contributed by atoms with Crippen LogP contribution in [0.3, 0.4) is 0 Å². The first-order valence-electron chi connectivity index (χ1n) is 9.23. The number of benzene rings is 2. The van der Waals surface area contributed by atoms with Gasteiger partial charge in [0.25, 0.3) is 0 Å². The molecule has 0 radical (unpaired) electrons. The van der Waals surface area contributed by atoms with Crippen molar-refractivity contribution >= 4 is 22.7 Å². The van der Waals surface area contributed by atoms with E-state index in [0.717, 1.165) is 48.7 Å². The fourth-order valence-electron chi connectivity index (χ4n) is 4.19. The summed E-state index contributed by atoms with van der Waals surface area (Å²) in [6.07, 6.45) is 1.06. The van der Waals surface area contributed by atoms with Crippen molar-refractivity contribution in [2.24, 2.45) is 0 Å². The highest BCUT2D eigenvalue weighted by Gasteiger charge is 2.33. The molecule has 2 aromatic carbocycles. The molecular weight excluding hydrogens is 322 g/mol. The zero-order valence-electron chi connectivity index (χ0n) is 15.2. The highest BCUT2D eigenvalue weighted by molar-refractivity contribution is 5.82. The number of aromatic nitrogens is 2. The van der Waals surface area contributed by atoms with Crippen LogP contribution in [0.4, 0.5) is 11.6 Å². The quantitative estimate of drug-likeness (QED) is 0.773. The molecule has 1 atom stereocenters. The zero-order chi connectivity index (χ0) is 17.7. The molecule has 2 aliphatic heterocycles. The molecule has 0 aliphatic carbocycles. The van der Waals surface area contributed by atoms with Crippen LogP contribution >= 0.6 is 0 Å². The minimum atomic E-state index is 0.337. The van der Waals surface area contributed by atoms with Gasteiger partial charge in [0.2, 0.25) is 0 Å². The SMILES string of the molecule is CN(C)Cc1ccc2nc3c(nc2c1)N1CCc2ccccc2C1CN3. The van der Waals surface area contributed by atoms with Crippen LogP contribution < -0.4 is 10.2 Å². The van der Waals surface area contributed by atoms with Crippen molar-refractivity contribution in [3.05, 3.63) is 59.2 Å². The van der Waals surface area contributed by atoms with E-state index < -0.39 is 0 Å².